The van der Waals surface area contributed by atoms with Gasteiger partial charge in [-0.25, -0.2) is 4.98 Å². The number of aromatic nitrogens is 4. The highest BCUT2D eigenvalue weighted by molar-refractivity contribution is 7.26. The van der Waals surface area contributed by atoms with E-state index in [4.69, 9.17) is 15.0 Å². The lowest BCUT2D eigenvalue weighted by atomic mass is 9.97. The Balaban J connectivity index is 1.26. The number of rotatable bonds is 4. The van der Waals surface area contributed by atoms with Crippen LogP contribution < -0.4 is 0 Å². The number of fused-ring (bicyclic) bond motifs is 10. The molecule has 0 spiro atoms. The first-order valence-corrected chi connectivity index (χ1v) is 18.3. The molecule has 0 saturated carbocycles. The van der Waals surface area contributed by atoms with E-state index in [9.17, 15) is 0 Å². The van der Waals surface area contributed by atoms with Crippen molar-refractivity contribution >= 4 is 74.9 Å². The fourth-order valence-electron chi connectivity index (χ4n) is 7.85. The smallest absolute Gasteiger partial charge is 0.238 e. The Morgan fingerprint density at radius 1 is 0.404 bits per heavy atom. The molecule has 0 amide bonds. The summed E-state index contributed by atoms with van der Waals surface area (Å²) in [6.07, 6.45) is 0. The molecule has 0 aliphatic rings. The van der Waals surface area contributed by atoms with Gasteiger partial charge in [0.15, 0.2) is 11.6 Å². The molecular weight excluding hydrogens is 653 g/mol. The van der Waals surface area contributed by atoms with Gasteiger partial charge in [0.25, 0.3) is 0 Å². The fraction of sp³-hybridized carbons (Fsp3) is 0. The zero-order chi connectivity index (χ0) is 34.2. The molecule has 0 aliphatic heterocycles. The van der Waals surface area contributed by atoms with Gasteiger partial charge in [-0.2, -0.15) is 9.97 Å². The second-order valence-electron chi connectivity index (χ2n) is 13.2. The SMILES string of the molecule is c1ccc(-c2nc(-c3ccccc3)nc(-n3c4ccc5ccccc5c4c4c5c(ccc43)sc3c(-c4ccc6ccccc6c4)cccc35)n2)cc1. The van der Waals surface area contributed by atoms with Crippen LogP contribution in [0.3, 0.4) is 0 Å². The first kappa shape index (κ1) is 29.1. The highest BCUT2D eigenvalue weighted by Gasteiger charge is 2.23. The van der Waals surface area contributed by atoms with E-state index < -0.39 is 0 Å². The Hall–Kier alpha value is -6.69. The summed E-state index contributed by atoms with van der Waals surface area (Å²) in [5.41, 5.74) is 6.51. The minimum Gasteiger partial charge on any atom is -0.278 e. The zero-order valence-electron chi connectivity index (χ0n) is 27.9. The highest BCUT2D eigenvalue weighted by Crippen LogP contribution is 2.47. The largest absolute Gasteiger partial charge is 0.278 e. The highest BCUT2D eigenvalue weighted by atomic mass is 32.1. The molecule has 242 valence electrons. The summed E-state index contributed by atoms with van der Waals surface area (Å²) in [6, 6.07) is 60.2. The van der Waals surface area contributed by atoms with Gasteiger partial charge in [-0.3, -0.25) is 4.57 Å². The van der Waals surface area contributed by atoms with E-state index in [0.29, 0.717) is 17.6 Å². The number of hydrogen-bond donors (Lipinski definition) is 0. The van der Waals surface area contributed by atoms with E-state index in [1.54, 1.807) is 0 Å². The minimum atomic E-state index is 0.596. The Morgan fingerprint density at radius 3 is 1.79 bits per heavy atom. The molecule has 4 nitrogen and oxygen atoms in total. The molecule has 11 aromatic rings. The lowest BCUT2D eigenvalue weighted by molar-refractivity contribution is 0.954. The summed E-state index contributed by atoms with van der Waals surface area (Å²) in [6.45, 7) is 0. The molecule has 0 atom stereocenters. The van der Waals surface area contributed by atoms with Crippen molar-refractivity contribution in [1.29, 1.82) is 0 Å². The monoisotopic (exact) mass is 680 g/mol. The lowest BCUT2D eigenvalue weighted by Gasteiger charge is -2.11. The number of hydrogen-bond acceptors (Lipinski definition) is 4. The van der Waals surface area contributed by atoms with E-state index in [2.05, 4.69) is 138 Å². The lowest BCUT2D eigenvalue weighted by Crippen LogP contribution is -2.06. The van der Waals surface area contributed by atoms with Crippen LogP contribution in [-0.2, 0) is 0 Å². The van der Waals surface area contributed by atoms with Crippen molar-refractivity contribution in [3.63, 3.8) is 0 Å². The molecule has 0 aliphatic carbocycles. The first-order chi connectivity index (χ1) is 25.8. The van der Waals surface area contributed by atoms with Crippen molar-refractivity contribution in [1.82, 2.24) is 19.5 Å². The summed E-state index contributed by atoms with van der Waals surface area (Å²) in [5, 5.41) is 9.86. The average molecular weight is 681 g/mol. The van der Waals surface area contributed by atoms with Gasteiger partial charge < -0.3 is 0 Å². The third-order valence-electron chi connectivity index (χ3n) is 10.2. The first-order valence-electron chi connectivity index (χ1n) is 17.5. The molecule has 0 radical (unpaired) electrons. The average Bonchev–Trinajstić information content (AvgIpc) is 3.77. The third kappa shape index (κ3) is 4.43. The zero-order valence-corrected chi connectivity index (χ0v) is 28.7. The second-order valence-corrected chi connectivity index (χ2v) is 14.3. The summed E-state index contributed by atoms with van der Waals surface area (Å²) < 4.78 is 4.79. The summed E-state index contributed by atoms with van der Waals surface area (Å²) in [4.78, 5) is 15.4. The van der Waals surface area contributed by atoms with Crippen molar-refractivity contribution in [2.75, 3.05) is 0 Å². The van der Waals surface area contributed by atoms with Gasteiger partial charge >= 0.3 is 0 Å². The van der Waals surface area contributed by atoms with Crippen molar-refractivity contribution in [3.05, 3.63) is 170 Å². The van der Waals surface area contributed by atoms with E-state index in [0.717, 1.165) is 22.2 Å². The third-order valence-corrected chi connectivity index (χ3v) is 11.4. The molecule has 0 bridgehead atoms. The maximum Gasteiger partial charge on any atom is 0.238 e. The van der Waals surface area contributed by atoms with Gasteiger partial charge in [-0.15, -0.1) is 11.3 Å². The normalized spacial score (nSPS) is 11.8. The van der Waals surface area contributed by atoms with E-state index in [1.165, 1.54) is 63.6 Å². The second kappa shape index (κ2) is 11.4. The quantitative estimate of drug-likeness (QED) is 0.186. The van der Waals surface area contributed by atoms with Crippen LogP contribution in [0, 0.1) is 0 Å². The number of thiophene rings is 1. The predicted octanol–water partition coefficient (Wildman–Crippen LogP) is 12.6. The van der Waals surface area contributed by atoms with Crippen molar-refractivity contribution < 1.29 is 0 Å². The van der Waals surface area contributed by atoms with Crippen molar-refractivity contribution in [3.8, 4) is 39.9 Å². The van der Waals surface area contributed by atoms with E-state index in [-0.39, 0.29) is 0 Å². The molecule has 8 aromatic carbocycles. The van der Waals surface area contributed by atoms with E-state index in [1.807, 2.05) is 47.7 Å². The summed E-state index contributed by atoms with van der Waals surface area (Å²) in [7, 11) is 0. The molecule has 0 N–H and O–H groups in total. The van der Waals surface area contributed by atoms with Crippen molar-refractivity contribution in [2.45, 2.75) is 0 Å². The molecule has 0 saturated heterocycles. The molecule has 0 unspecified atom stereocenters. The Kier molecular flexibility index (Phi) is 6.39. The number of nitrogens with zero attached hydrogens (tertiary/aromatic N) is 4. The topological polar surface area (TPSA) is 43.6 Å². The fourth-order valence-corrected chi connectivity index (χ4v) is 9.10. The molecular formula is C47H28N4S. The molecule has 0 fully saturated rings. The molecule has 3 aromatic heterocycles. The summed E-state index contributed by atoms with van der Waals surface area (Å²) >= 11 is 1.87. The van der Waals surface area contributed by atoms with Gasteiger partial charge in [0.05, 0.1) is 11.0 Å². The Labute approximate surface area is 302 Å². The Bertz CT molecular complexity index is 3120. The predicted molar refractivity (Wildman–Crippen MR) is 218 cm³/mol. The molecule has 5 heteroatoms. The van der Waals surface area contributed by atoms with Crippen LogP contribution in [0.2, 0.25) is 0 Å². The maximum absolute atomic E-state index is 5.20. The van der Waals surface area contributed by atoms with Gasteiger partial charge in [-0.05, 0) is 56.9 Å². The molecule has 3 heterocycles. The Morgan fingerprint density at radius 2 is 1.02 bits per heavy atom. The van der Waals surface area contributed by atoms with Gasteiger partial charge in [0, 0.05) is 42.1 Å². The van der Waals surface area contributed by atoms with Crippen LogP contribution in [0.15, 0.2) is 170 Å². The van der Waals surface area contributed by atoms with Crippen LogP contribution in [-0.4, -0.2) is 19.5 Å². The van der Waals surface area contributed by atoms with Gasteiger partial charge in [0.2, 0.25) is 5.95 Å². The van der Waals surface area contributed by atoms with Gasteiger partial charge in [-0.1, -0.05) is 146 Å². The molecule has 52 heavy (non-hydrogen) atoms. The minimum absolute atomic E-state index is 0.596. The van der Waals surface area contributed by atoms with Crippen LogP contribution in [0.25, 0.3) is 103 Å². The van der Waals surface area contributed by atoms with Crippen molar-refractivity contribution in [2.24, 2.45) is 0 Å². The van der Waals surface area contributed by atoms with Crippen LogP contribution in [0.1, 0.15) is 0 Å². The van der Waals surface area contributed by atoms with Gasteiger partial charge in [0.1, 0.15) is 0 Å². The van der Waals surface area contributed by atoms with E-state index >= 15 is 0 Å². The van der Waals surface area contributed by atoms with Crippen LogP contribution in [0.5, 0.6) is 0 Å². The van der Waals surface area contributed by atoms with Crippen LogP contribution >= 0.6 is 11.3 Å². The maximum atomic E-state index is 5.20. The standard InChI is InChI=1S/C47H28N4S/c1-3-14-31(15-4-1)45-48-46(32-16-5-2-6-17-32)50-47(49-45)51-38-25-24-30-13-9-10-19-35(30)41(38)43-39(51)26-27-40-42(43)37-21-11-20-36(44(37)52-40)34-23-22-29-12-7-8-18-33(29)28-34/h1-28H. The molecule has 11 rings (SSSR count). The summed E-state index contributed by atoms with van der Waals surface area (Å²) in [5.74, 6) is 1.88. The van der Waals surface area contributed by atoms with Crippen LogP contribution in [0.4, 0.5) is 0 Å². The number of benzene rings is 8.